The van der Waals surface area contributed by atoms with Gasteiger partial charge in [-0.05, 0) is 12.1 Å². The van der Waals surface area contributed by atoms with Crippen molar-refractivity contribution in [1.82, 2.24) is 4.90 Å². The fourth-order valence-corrected chi connectivity index (χ4v) is 2.05. The highest BCUT2D eigenvalue weighted by Crippen LogP contribution is 2.14. The van der Waals surface area contributed by atoms with Crippen LogP contribution in [0.2, 0.25) is 0 Å². The largest absolute Gasteiger partial charge is 0.395 e. The molecule has 1 unspecified atom stereocenters. The predicted molar refractivity (Wildman–Crippen MR) is 75.3 cm³/mol. The third kappa shape index (κ3) is 5.00. The molecule has 1 rings (SSSR count). The van der Waals surface area contributed by atoms with E-state index < -0.39 is 5.82 Å². The van der Waals surface area contributed by atoms with Gasteiger partial charge in [-0.25, -0.2) is 4.39 Å². The Morgan fingerprint density at radius 3 is 2.70 bits per heavy atom. The maximum Gasteiger partial charge on any atom is 0.169 e. The zero-order valence-electron chi connectivity index (χ0n) is 12.0. The van der Waals surface area contributed by atoms with Crippen LogP contribution >= 0.6 is 0 Å². The van der Waals surface area contributed by atoms with E-state index in [1.807, 2.05) is 4.90 Å². The minimum absolute atomic E-state index is 0.0182. The fourth-order valence-electron chi connectivity index (χ4n) is 2.05. The third-order valence-electron chi connectivity index (χ3n) is 3.15. The van der Waals surface area contributed by atoms with Crippen LogP contribution in [0.1, 0.15) is 17.3 Å². The lowest BCUT2D eigenvalue weighted by molar-refractivity contribution is 0.0840. The number of halogens is 1. The van der Waals surface area contributed by atoms with Gasteiger partial charge < -0.3 is 9.84 Å². The van der Waals surface area contributed by atoms with Gasteiger partial charge in [-0.1, -0.05) is 19.1 Å². The number of Topliss-reactive ketones (excluding diaryl/α,β-unsaturated/α-hetero) is 1. The lowest BCUT2D eigenvalue weighted by Crippen LogP contribution is -2.36. The third-order valence-corrected chi connectivity index (χ3v) is 3.15. The molecular formula is C15H22FNO3. The first-order valence-corrected chi connectivity index (χ1v) is 6.71. The number of aliphatic hydroxyl groups is 1. The molecule has 0 aromatic heterocycles. The number of benzene rings is 1. The average Bonchev–Trinajstić information content (AvgIpc) is 2.44. The van der Waals surface area contributed by atoms with Crippen LogP contribution in [0, 0.1) is 11.7 Å². The van der Waals surface area contributed by atoms with Crippen LogP contribution in [0.15, 0.2) is 24.3 Å². The second-order valence-electron chi connectivity index (χ2n) is 4.76. The highest BCUT2D eigenvalue weighted by molar-refractivity contribution is 5.98. The van der Waals surface area contributed by atoms with Crippen molar-refractivity contribution in [1.29, 1.82) is 0 Å². The van der Waals surface area contributed by atoms with E-state index in [9.17, 15) is 9.18 Å². The molecule has 0 bridgehead atoms. The summed E-state index contributed by atoms with van der Waals surface area (Å²) in [6.45, 7) is 3.89. The zero-order chi connectivity index (χ0) is 15.0. The standard InChI is InChI=1S/C15H22FNO3/c1-12(11-17(7-9-18)8-10-20-2)15(19)13-5-3-4-6-14(13)16/h3-6,12,18H,7-11H2,1-2H3. The van der Waals surface area contributed by atoms with E-state index in [0.717, 1.165) is 0 Å². The molecule has 0 saturated carbocycles. The number of ketones is 1. The van der Waals surface area contributed by atoms with E-state index in [1.54, 1.807) is 26.2 Å². The van der Waals surface area contributed by atoms with E-state index in [-0.39, 0.29) is 23.9 Å². The number of carbonyl (C=O) groups excluding carboxylic acids is 1. The quantitative estimate of drug-likeness (QED) is 0.699. The second kappa shape index (κ2) is 8.79. The van der Waals surface area contributed by atoms with Crippen LogP contribution in [0.5, 0.6) is 0 Å². The van der Waals surface area contributed by atoms with Crippen molar-refractivity contribution < 1.29 is 19.0 Å². The molecule has 112 valence electrons. The highest BCUT2D eigenvalue weighted by Gasteiger charge is 2.20. The highest BCUT2D eigenvalue weighted by atomic mass is 19.1. The van der Waals surface area contributed by atoms with Crippen molar-refractivity contribution in [2.24, 2.45) is 5.92 Å². The van der Waals surface area contributed by atoms with Crippen LogP contribution in [0.3, 0.4) is 0 Å². The summed E-state index contributed by atoms with van der Waals surface area (Å²) < 4.78 is 18.6. The van der Waals surface area contributed by atoms with Gasteiger partial charge in [0.1, 0.15) is 5.82 Å². The van der Waals surface area contributed by atoms with E-state index in [0.29, 0.717) is 26.2 Å². The minimum atomic E-state index is -0.491. The number of rotatable bonds is 9. The Kier molecular flexibility index (Phi) is 7.36. The number of methoxy groups -OCH3 is 1. The summed E-state index contributed by atoms with van der Waals surface area (Å²) in [5.41, 5.74) is 0.121. The number of hydrogen-bond acceptors (Lipinski definition) is 4. The summed E-state index contributed by atoms with van der Waals surface area (Å²) in [6, 6.07) is 6.00. The van der Waals surface area contributed by atoms with Crippen molar-refractivity contribution in [3.8, 4) is 0 Å². The maximum atomic E-state index is 13.6. The van der Waals surface area contributed by atoms with Crippen LogP contribution in [-0.4, -0.2) is 55.7 Å². The first kappa shape index (κ1) is 16.8. The van der Waals surface area contributed by atoms with Gasteiger partial charge in [0.15, 0.2) is 5.78 Å². The Labute approximate surface area is 119 Å². The van der Waals surface area contributed by atoms with Crippen molar-refractivity contribution in [2.45, 2.75) is 6.92 Å². The van der Waals surface area contributed by atoms with Crippen LogP contribution in [0.4, 0.5) is 4.39 Å². The topological polar surface area (TPSA) is 49.8 Å². The Bertz CT molecular complexity index is 425. The van der Waals surface area contributed by atoms with Crippen molar-refractivity contribution >= 4 is 5.78 Å². The lowest BCUT2D eigenvalue weighted by atomic mass is 9.98. The molecule has 0 aliphatic rings. The van der Waals surface area contributed by atoms with Gasteiger partial charge >= 0.3 is 0 Å². The number of nitrogens with zero attached hydrogens (tertiary/aromatic N) is 1. The van der Waals surface area contributed by atoms with E-state index in [4.69, 9.17) is 9.84 Å². The molecular weight excluding hydrogens is 261 g/mol. The Morgan fingerprint density at radius 2 is 2.10 bits per heavy atom. The number of aliphatic hydroxyl groups excluding tert-OH is 1. The molecule has 0 heterocycles. The molecule has 0 fully saturated rings. The molecule has 0 radical (unpaired) electrons. The van der Waals surface area contributed by atoms with Gasteiger partial charge in [0.2, 0.25) is 0 Å². The Balaban J connectivity index is 2.65. The maximum absolute atomic E-state index is 13.6. The Morgan fingerprint density at radius 1 is 1.40 bits per heavy atom. The van der Waals surface area contributed by atoms with Gasteiger partial charge in [-0.2, -0.15) is 0 Å². The summed E-state index contributed by atoms with van der Waals surface area (Å²) in [5.74, 6) is -1.05. The van der Waals surface area contributed by atoms with Crippen molar-refractivity contribution in [2.75, 3.05) is 40.0 Å². The van der Waals surface area contributed by atoms with Crippen molar-refractivity contribution in [3.63, 3.8) is 0 Å². The van der Waals surface area contributed by atoms with Gasteiger partial charge in [0.05, 0.1) is 18.8 Å². The summed E-state index contributed by atoms with van der Waals surface area (Å²) in [5, 5.41) is 9.02. The lowest BCUT2D eigenvalue weighted by Gasteiger charge is -2.24. The summed E-state index contributed by atoms with van der Waals surface area (Å²) in [6.07, 6.45) is 0. The SMILES string of the molecule is COCCN(CCO)CC(C)C(=O)c1ccccc1F. The smallest absolute Gasteiger partial charge is 0.169 e. The molecule has 5 heteroatoms. The average molecular weight is 283 g/mol. The molecule has 1 aromatic carbocycles. The number of carbonyl (C=O) groups is 1. The van der Waals surface area contributed by atoms with Gasteiger partial charge in [0.25, 0.3) is 0 Å². The second-order valence-corrected chi connectivity index (χ2v) is 4.76. The molecule has 1 N–H and O–H groups in total. The molecule has 20 heavy (non-hydrogen) atoms. The van der Waals surface area contributed by atoms with Crippen LogP contribution in [0.25, 0.3) is 0 Å². The molecule has 1 aromatic rings. The zero-order valence-corrected chi connectivity index (χ0v) is 12.0. The van der Waals surface area contributed by atoms with Crippen molar-refractivity contribution in [3.05, 3.63) is 35.6 Å². The molecule has 0 spiro atoms. The first-order chi connectivity index (χ1) is 9.60. The first-order valence-electron chi connectivity index (χ1n) is 6.71. The summed E-state index contributed by atoms with van der Waals surface area (Å²) in [7, 11) is 1.60. The molecule has 4 nitrogen and oxygen atoms in total. The van der Waals surface area contributed by atoms with Gasteiger partial charge in [0, 0.05) is 32.7 Å². The molecule has 0 saturated heterocycles. The molecule has 1 atom stereocenters. The van der Waals surface area contributed by atoms with E-state index in [1.165, 1.54) is 12.1 Å². The van der Waals surface area contributed by atoms with Crippen LogP contribution < -0.4 is 0 Å². The van der Waals surface area contributed by atoms with E-state index in [2.05, 4.69) is 0 Å². The normalized spacial score (nSPS) is 12.7. The van der Waals surface area contributed by atoms with Crippen LogP contribution in [-0.2, 0) is 4.74 Å². The molecule has 0 amide bonds. The monoisotopic (exact) mass is 283 g/mol. The minimum Gasteiger partial charge on any atom is -0.395 e. The van der Waals surface area contributed by atoms with Gasteiger partial charge in [-0.15, -0.1) is 0 Å². The summed E-state index contributed by atoms with van der Waals surface area (Å²) >= 11 is 0. The molecule has 0 aliphatic heterocycles. The van der Waals surface area contributed by atoms with E-state index >= 15 is 0 Å². The predicted octanol–water partition coefficient (Wildman–Crippen LogP) is 1.59. The number of hydrogen-bond donors (Lipinski definition) is 1. The Hall–Kier alpha value is -1.30. The summed E-state index contributed by atoms with van der Waals surface area (Å²) in [4.78, 5) is 14.2. The fraction of sp³-hybridized carbons (Fsp3) is 0.533. The number of ether oxygens (including phenoxy) is 1. The molecule has 0 aliphatic carbocycles. The van der Waals surface area contributed by atoms with Gasteiger partial charge in [-0.3, -0.25) is 9.69 Å².